The van der Waals surface area contributed by atoms with Crippen LogP contribution in [0.15, 0.2) is 97.1 Å². The van der Waals surface area contributed by atoms with Crippen LogP contribution in [0.4, 0.5) is 16.0 Å². The molecule has 48 heavy (non-hydrogen) atoms. The molecule has 0 radical (unpaired) electrons. The van der Waals surface area contributed by atoms with Crippen LogP contribution >= 0.6 is 0 Å². The topological polar surface area (TPSA) is 117 Å². The molecule has 0 spiro atoms. The Balaban J connectivity index is 1.22. The Bertz CT molecular complexity index is 1980. The van der Waals surface area contributed by atoms with Crippen LogP contribution in [0.3, 0.4) is 0 Å². The Morgan fingerprint density at radius 2 is 1.58 bits per heavy atom. The Morgan fingerprint density at radius 3 is 2.31 bits per heavy atom. The number of aryl methyl sites for hydroxylation is 1. The molecular weight excluding hydrogens is 611 g/mol. The van der Waals surface area contributed by atoms with Crippen molar-refractivity contribution in [1.82, 2.24) is 19.8 Å². The lowest BCUT2D eigenvalue weighted by Crippen LogP contribution is -2.26. The predicted molar refractivity (Wildman–Crippen MR) is 181 cm³/mol. The van der Waals surface area contributed by atoms with E-state index < -0.39 is 5.91 Å². The van der Waals surface area contributed by atoms with Crippen molar-refractivity contribution in [3.05, 3.63) is 125 Å². The molecule has 5 aromatic rings. The summed E-state index contributed by atoms with van der Waals surface area (Å²) < 4.78 is 15.1. The second-order valence-corrected chi connectivity index (χ2v) is 11.7. The van der Waals surface area contributed by atoms with Gasteiger partial charge in [-0.05, 0) is 79.1 Å². The molecule has 4 aromatic carbocycles. The van der Waals surface area contributed by atoms with E-state index in [1.165, 1.54) is 18.2 Å². The molecule has 0 unspecified atom stereocenters. The van der Waals surface area contributed by atoms with E-state index in [-0.39, 0.29) is 35.6 Å². The maximum absolute atomic E-state index is 13.5. The van der Waals surface area contributed by atoms with E-state index in [2.05, 4.69) is 10.6 Å². The van der Waals surface area contributed by atoms with Gasteiger partial charge in [-0.2, -0.15) is 0 Å². The lowest BCUT2D eigenvalue weighted by molar-refractivity contribution is -0.127. The Hall–Kier alpha value is -5.84. The number of hydrogen-bond acceptors (Lipinski definition) is 5. The molecule has 10 nitrogen and oxygen atoms in total. The molecule has 1 fully saturated rings. The molecule has 0 saturated carbocycles. The van der Waals surface area contributed by atoms with Crippen LogP contribution < -0.4 is 15.5 Å². The quantitative estimate of drug-likeness (QED) is 0.193. The second kappa shape index (κ2) is 14.3. The number of aromatic nitrogens is 2. The zero-order valence-corrected chi connectivity index (χ0v) is 26.5. The van der Waals surface area contributed by atoms with Gasteiger partial charge in [0.1, 0.15) is 5.82 Å². The van der Waals surface area contributed by atoms with Crippen molar-refractivity contribution >= 4 is 46.3 Å². The Labute approximate surface area is 277 Å². The molecule has 1 aromatic heterocycles. The minimum Gasteiger partial charge on any atom is -0.348 e. The molecule has 6 rings (SSSR count). The van der Waals surface area contributed by atoms with Crippen LogP contribution in [0.1, 0.15) is 55.9 Å². The molecule has 2 N–H and O–H groups in total. The summed E-state index contributed by atoms with van der Waals surface area (Å²) in [5.74, 6) is -0.894. The highest BCUT2D eigenvalue weighted by Gasteiger charge is 2.21. The van der Waals surface area contributed by atoms with Gasteiger partial charge in [0.15, 0.2) is 0 Å². The van der Waals surface area contributed by atoms with Gasteiger partial charge in [-0.1, -0.05) is 36.4 Å². The van der Waals surface area contributed by atoms with Crippen molar-refractivity contribution in [2.45, 2.75) is 32.4 Å². The van der Waals surface area contributed by atoms with Crippen molar-refractivity contribution in [3.8, 4) is 0 Å². The molecule has 1 saturated heterocycles. The predicted octanol–water partition coefficient (Wildman–Crippen LogP) is 5.65. The van der Waals surface area contributed by atoms with E-state index in [0.29, 0.717) is 54.2 Å². The Morgan fingerprint density at radius 1 is 0.854 bits per heavy atom. The van der Waals surface area contributed by atoms with Gasteiger partial charge in [-0.3, -0.25) is 24.5 Å². The summed E-state index contributed by atoms with van der Waals surface area (Å²) in [6, 6.07) is 26.7. The number of amides is 4. The molecule has 0 bridgehead atoms. The fourth-order valence-corrected chi connectivity index (χ4v) is 5.76. The van der Waals surface area contributed by atoms with E-state index in [9.17, 15) is 23.6 Å². The fourth-order valence-electron chi connectivity index (χ4n) is 5.76. The van der Waals surface area contributed by atoms with Gasteiger partial charge in [-0.15, -0.1) is 0 Å². The largest absolute Gasteiger partial charge is 0.348 e. The van der Waals surface area contributed by atoms with Gasteiger partial charge in [-0.25, -0.2) is 9.37 Å². The number of rotatable bonds is 11. The van der Waals surface area contributed by atoms with Crippen molar-refractivity contribution < 1.29 is 23.6 Å². The molecule has 244 valence electrons. The van der Waals surface area contributed by atoms with Gasteiger partial charge in [0, 0.05) is 62.0 Å². The summed E-state index contributed by atoms with van der Waals surface area (Å²) in [5.41, 5.74) is 3.84. The van der Waals surface area contributed by atoms with Crippen LogP contribution in [0, 0.1) is 5.82 Å². The number of likely N-dealkylation sites (tertiary alicyclic amines) is 1. The molecule has 1 aliphatic rings. The van der Waals surface area contributed by atoms with Gasteiger partial charge < -0.3 is 19.7 Å². The summed E-state index contributed by atoms with van der Waals surface area (Å²) in [6.07, 6.45) is 2.07. The minimum absolute atomic E-state index is 0.149. The molecule has 2 heterocycles. The first kappa shape index (κ1) is 32.1. The normalized spacial score (nSPS) is 12.7. The smallest absolute Gasteiger partial charge is 0.258 e. The first-order chi connectivity index (χ1) is 23.3. The van der Waals surface area contributed by atoms with Crippen molar-refractivity contribution in [1.29, 1.82) is 0 Å². The van der Waals surface area contributed by atoms with Gasteiger partial charge in [0.25, 0.3) is 17.7 Å². The summed E-state index contributed by atoms with van der Waals surface area (Å²) in [6.45, 7) is 2.02. The molecule has 1 aliphatic heterocycles. The van der Waals surface area contributed by atoms with Crippen molar-refractivity contribution in [3.63, 3.8) is 0 Å². The van der Waals surface area contributed by atoms with Gasteiger partial charge in [0.05, 0.1) is 11.0 Å². The summed E-state index contributed by atoms with van der Waals surface area (Å²) >= 11 is 0. The molecular formula is C37H35FN6O4. The first-order valence-corrected chi connectivity index (χ1v) is 15.8. The first-order valence-electron chi connectivity index (χ1n) is 15.8. The number of carbonyl (C=O) groups excluding carboxylic acids is 4. The number of benzene rings is 4. The molecule has 0 atom stereocenters. The zero-order chi connectivity index (χ0) is 33.6. The monoisotopic (exact) mass is 646 g/mol. The fraction of sp³-hybridized carbons (Fsp3) is 0.216. The molecule has 11 heteroatoms. The maximum atomic E-state index is 13.5. The van der Waals surface area contributed by atoms with Crippen LogP contribution in [0.5, 0.6) is 0 Å². The molecule has 0 aliphatic carbocycles. The number of halogens is 1. The van der Waals surface area contributed by atoms with Crippen molar-refractivity contribution in [2.75, 3.05) is 30.4 Å². The van der Waals surface area contributed by atoms with Crippen LogP contribution in [0.2, 0.25) is 0 Å². The lowest BCUT2D eigenvalue weighted by Gasteiger charge is -2.18. The third-order valence-corrected chi connectivity index (χ3v) is 8.40. The number of fused-ring (bicyclic) bond motifs is 1. The Kier molecular flexibility index (Phi) is 9.56. The average molecular weight is 647 g/mol. The summed E-state index contributed by atoms with van der Waals surface area (Å²) in [7, 11) is 1.70. The second-order valence-electron chi connectivity index (χ2n) is 11.7. The highest BCUT2D eigenvalue weighted by atomic mass is 19.1. The van der Waals surface area contributed by atoms with Crippen LogP contribution in [-0.4, -0.2) is 58.2 Å². The SMILES string of the molecule is CN(C(=O)c1ccccc1)c1ccc2c(c1)nc(NC(=O)c1cccc(C(=O)NCc3ccc(F)cc3)c1)n2CCCN1CCCC1=O. The number of imidazole rings is 1. The van der Waals surface area contributed by atoms with Gasteiger partial charge in [0.2, 0.25) is 11.9 Å². The minimum atomic E-state index is -0.453. The van der Waals surface area contributed by atoms with Crippen LogP contribution in [-0.2, 0) is 17.9 Å². The van der Waals surface area contributed by atoms with E-state index >= 15 is 0 Å². The highest BCUT2D eigenvalue weighted by Crippen LogP contribution is 2.27. The van der Waals surface area contributed by atoms with E-state index in [0.717, 1.165) is 24.0 Å². The van der Waals surface area contributed by atoms with Crippen molar-refractivity contribution in [2.24, 2.45) is 0 Å². The molecule has 4 amide bonds. The van der Waals surface area contributed by atoms with E-state index in [4.69, 9.17) is 4.98 Å². The number of nitrogens with zero attached hydrogens (tertiary/aromatic N) is 4. The van der Waals surface area contributed by atoms with E-state index in [1.807, 2.05) is 39.8 Å². The highest BCUT2D eigenvalue weighted by molar-refractivity contribution is 6.07. The third kappa shape index (κ3) is 7.25. The van der Waals surface area contributed by atoms with Gasteiger partial charge >= 0.3 is 0 Å². The number of anilines is 2. The third-order valence-electron chi connectivity index (χ3n) is 8.40. The number of nitrogens with one attached hydrogen (secondary N) is 2. The van der Waals surface area contributed by atoms with E-state index in [1.54, 1.807) is 60.5 Å². The standard InChI is InChI=1S/C37H35FN6O4/c1-42(36(48)26-8-3-2-4-9-26)30-17-18-32-31(23-30)40-37(44(32)21-7-20-43-19-6-12-33(43)45)41-35(47)28-11-5-10-27(22-28)34(46)39-24-25-13-15-29(38)16-14-25/h2-5,8-11,13-18,22-23H,6-7,12,19-21,24H2,1H3,(H,39,46)(H,40,41,47). The van der Waals surface area contributed by atoms with Crippen LogP contribution in [0.25, 0.3) is 11.0 Å². The summed E-state index contributed by atoms with van der Waals surface area (Å²) in [5, 5.41) is 5.71. The number of carbonyl (C=O) groups is 4. The average Bonchev–Trinajstić information content (AvgIpc) is 3.68. The summed E-state index contributed by atoms with van der Waals surface area (Å²) in [4.78, 5) is 59.9. The lowest BCUT2D eigenvalue weighted by atomic mass is 10.1. The maximum Gasteiger partial charge on any atom is 0.258 e. The number of hydrogen-bond donors (Lipinski definition) is 2. The zero-order valence-electron chi connectivity index (χ0n) is 26.5.